The Bertz CT molecular complexity index is 1070. The summed E-state index contributed by atoms with van der Waals surface area (Å²) in [7, 11) is 2.59. The molecule has 0 aliphatic heterocycles. The van der Waals surface area contributed by atoms with Gasteiger partial charge in [-0.15, -0.1) is 0 Å². The average Bonchev–Trinajstić information content (AvgIpc) is 2.72. The second kappa shape index (κ2) is 7.83. The minimum atomic E-state index is -1.60. The molecule has 0 aromatic heterocycles. The van der Waals surface area contributed by atoms with Crippen LogP contribution in [0, 0.1) is 23.3 Å². The van der Waals surface area contributed by atoms with E-state index in [0.29, 0.717) is 0 Å². The lowest BCUT2D eigenvalue weighted by Gasteiger charge is -2.16. The Kier molecular flexibility index (Phi) is 5.45. The molecule has 3 rings (SSSR count). The molecule has 4 nitrogen and oxygen atoms in total. The van der Waals surface area contributed by atoms with Crippen LogP contribution in [0.15, 0.2) is 42.5 Å². The van der Waals surface area contributed by atoms with Crippen LogP contribution in [0.1, 0.15) is 10.4 Å². The summed E-state index contributed by atoms with van der Waals surface area (Å²) in [5.41, 5.74) is 3.69. The zero-order valence-electron chi connectivity index (χ0n) is 15.4. The molecule has 150 valence electrons. The lowest BCUT2D eigenvalue weighted by atomic mass is 9.95. The first-order chi connectivity index (χ1) is 13.8. The van der Waals surface area contributed by atoms with E-state index in [2.05, 4.69) is 10.1 Å². The first-order valence-electron chi connectivity index (χ1n) is 8.43. The Morgan fingerprint density at radius 3 is 1.90 bits per heavy atom. The van der Waals surface area contributed by atoms with E-state index in [1.807, 2.05) is 0 Å². The van der Waals surface area contributed by atoms with Crippen LogP contribution in [0.3, 0.4) is 0 Å². The predicted molar refractivity (Wildman–Crippen MR) is 102 cm³/mol. The van der Waals surface area contributed by atoms with Gasteiger partial charge in [-0.2, -0.15) is 0 Å². The largest absolute Gasteiger partial charge is 0.465 e. The number of hydrogen-bond acceptors (Lipinski definition) is 4. The van der Waals surface area contributed by atoms with Gasteiger partial charge in [0.2, 0.25) is 0 Å². The summed E-state index contributed by atoms with van der Waals surface area (Å²) in [4.78, 5) is 12.0. The summed E-state index contributed by atoms with van der Waals surface area (Å²) in [6.07, 6.45) is 0. The van der Waals surface area contributed by atoms with Crippen molar-refractivity contribution in [2.75, 3.05) is 25.2 Å². The molecule has 3 aromatic carbocycles. The normalized spacial score (nSPS) is 10.7. The Balaban J connectivity index is 2.31. The van der Waals surface area contributed by atoms with Crippen LogP contribution in [0.25, 0.3) is 22.3 Å². The number of halogens is 4. The van der Waals surface area contributed by atoms with Crippen LogP contribution in [-0.2, 0) is 4.74 Å². The van der Waals surface area contributed by atoms with E-state index in [9.17, 15) is 22.4 Å². The highest BCUT2D eigenvalue weighted by molar-refractivity contribution is 6.01. The molecule has 0 spiro atoms. The maximum absolute atomic E-state index is 14.8. The third kappa shape index (κ3) is 3.37. The fraction of sp³-hybridized carbons (Fsp3) is 0.0952. The van der Waals surface area contributed by atoms with Crippen molar-refractivity contribution in [3.05, 3.63) is 71.3 Å². The quantitative estimate of drug-likeness (QED) is 0.278. The fourth-order valence-electron chi connectivity index (χ4n) is 3.10. The number of esters is 1. The van der Waals surface area contributed by atoms with Crippen molar-refractivity contribution < 1.29 is 27.1 Å². The number of carbonyl (C=O) groups excluding carboxylic acids is 1. The number of benzene rings is 3. The number of nitrogens with two attached hydrogens (primary N) is 1. The molecule has 0 aliphatic rings. The van der Waals surface area contributed by atoms with Gasteiger partial charge in [-0.3, -0.25) is 0 Å². The summed E-state index contributed by atoms with van der Waals surface area (Å²) in [5.74, 6) is -7.15. The smallest absolute Gasteiger partial charge is 0.340 e. The SMILES string of the molecule is CNc1c(N)cc(-c2c(F)c(F)c(-c3ccccc3)c(F)c2F)cc1C(=O)OC. The third-order valence-corrected chi connectivity index (χ3v) is 4.44. The molecule has 0 radical (unpaired) electrons. The topological polar surface area (TPSA) is 64.3 Å². The highest BCUT2D eigenvalue weighted by Crippen LogP contribution is 2.39. The number of nitrogen functional groups attached to an aromatic ring is 1. The standard InChI is InChI=1S/C21H16F4N2O2/c1-27-20-12(21(28)29-2)8-11(9-13(20)26)15-18(24)16(22)14(17(23)19(15)25)10-6-4-3-5-7-10/h3-9,27H,26H2,1-2H3. The Morgan fingerprint density at radius 1 is 0.897 bits per heavy atom. The molecule has 3 aromatic rings. The molecule has 0 bridgehead atoms. The molecule has 8 heteroatoms. The van der Waals surface area contributed by atoms with Crippen LogP contribution in [0.2, 0.25) is 0 Å². The zero-order chi connectivity index (χ0) is 21.3. The molecule has 0 atom stereocenters. The maximum Gasteiger partial charge on any atom is 0.340 e. The van der Waals surface area contributed by atoms with Crippen LogP contribution in [0.5, 0.6) is 0 Å². The molecule has 3 N–H and O–H groups in total. The van der Waals surface area contributed by atoms with Gasteiger partial charge in [-0.25, -0.2) is 22.4 Å². The van der Waals surface area contributed by atoms with Crippen molar-refractivity contribution in [2.45, 2.75) is 0 Å². The first kappa shape index (κ1) is 20.2. The van der Waals surface area contributed by atoms with Gasteiger partial charge in [0.05, 0.1) is 35.2 Å². The summed E-state index contributed by atoms with van der Waals surface area (Å²) in [6, 6.07) is 9.39. The van der Waals surface area contributed by atoms with Crippen molar-refractivity contribution in [1.82, 2.24) is 0 Å². The first-order valence-corrected chi connectivity index (χ1v) is 8.43. The number of nitrogens with one attached hydrogen (secondary N) is 1. The van der Waals surface area contributed by atoms with Crippen molar-refractivity contribution in [2.24, 2.45) is 0 Å². The molecular weight excluding hydrogens is 388 g/mol. The molecule has 0 heterocycles. The van der Waals surface area contributed by atoms with Crippen LogP contribution < -0.4 is 11.1 Å². The summed E-state index contributed by atoms with van der Waals surface area (Å²) < 4.78 is 63.8. The number of hydrogen-bond donors (Lipinski definition) is 2. The Morgan fingerprint density at radius 2 is 1.41 bits per heavy atom. The van der Waals surface area contributed by atoms with E-state index >= 15 is 0 Å². The van der Waals surface area contributed by atoms with Gasteiger partial charge in [0.15, 0.2) is 23.3 Å². The van der Waals surface area contributed by atoms with E-state index in [4.69, 9.17) is 5.73 Å². The molecule has 0 amide bonds. The fourth-order valence-corrected chi connectivity index (χ4v) is 3.10. The van der Waals surface area contributed by atoms with Gasteiger partial charge in [-0.05, 0) is 23.3 Å². The van der Waals surface area contributed by atoms with Gasteiger partial charge >= 0.3 is 5.97 Å². The van der Waals surface area contributed by atoms with Gasteiger partial charge < -0.3 is 15.8 Å². The number of methoxy groups -OCH3 is 1. The van der Waals surface area contributed by atoms with E-state index in [1.54, 1.807) is 6.07 Å². The predicted octanol–water partition coefficient (Wildman–Crippen LogP) is 4.99. The molecule has 0 aliphatic carbocycles. The summed E-state index contributed by atoms with van der Waals surface area (Å²) >= 11 is 0. The summed E-state index contributed by atoms with van der Waals surface area (Å²) in [5, 5.41) is 2.68. The number of anilines is 2. The van der Waals surface area contributed by atoms with Crippen LogP contribution in [0.4, 0.5) is 28.9 Å². The second-order valence-electron chi connectivity index (χ2n) is 6.10. The van der Waals surface area contributed by atoms with Gasteiger partial charge in [0.25, 0.3) is 0 Å². The summed E-state index contributed by atoms with van der Waals surface area (Å²) in [6.45, 7) is 0. The van der Waals surface area contributed by atoms with Gasteiger partial charge in [-0.1, -0.05) is 30.3 Å². The zero-order valence-corrected chi connectivity index (χ0v) is 15.4. The van der Waals surface area contributed by atoms with Crippen molar-refractivity contribution in [3.8, 4) is 22.3 Å². The van der Waals surface area contributed by atoms with Gasteiger partial charge in [0, 0.05) is 7.05 Å². The number of carbonyl (C=O) groups is 1. The minimum absolute atomic E-state index is 0.0212. The third-order valence-electron chi connectivity index (χ3n) is 4.44. The molecule has 29 heavy (non-hydrogen) atoms. The monoisotopic (exact) mass is 404 g/mol. The van der Waals surface area contributed by atoms with Crippen molar-refractivity contribution in [3.63, 3.8) is 0 Å². The lowest BCUT2D eigenvalue weighted by molar-refractivity contribution is 0.0602. The molecule has 0 unspecified atom stereocenters. The maximum atomic E-state index is 14.8. The Labute approximate surface area is 163 Å². The number of ether oxygens (including phenoxy) is 1. The minimum Gasteiger partial charge on any atom is -0.465 e. The highest BCUT2D eigenvalue weighted by atomic mass is 19.2. The molecule has 0 fully saturated rings. The van der Waals surface area contributed by atoms with E-state index in [-0.39, 0.29) is 28.1 Å². The van der Waals surface area contributed by atoms with E-state index in [0.717, 1.165) is 19.2 Å². The molecule has 0 saturated carbocycles. The average molecular weight is 404 g/mol. The second-order valence-corrected chi connectivity index (χ2v) is 6.10. The van der Waals surface area contributed by atoms with Crippen LogP contribution in [-0.4, -0.2) is 20.1 Å². The number of rotatable bonds is 4. The lowest BCUT2D eigenvalue weighted by Crippen LogP contribution is -2.10. The van der Waals surface area contributed by atoms with E-state index < -0.39 is 40.4 Å². The molecule has 0 saturated heterocycles. The van der Waals surface area contributed by atoms with Gasteiger partial charge in [0.1, 0.15) is 0 Å². The van der Waals surface area contributed by atoms with E-state index in [1.165, 1.54) is 31.3 Å². The Hall–Kier alpha value is -3.55. The molecular formula is C21H16F4N2O2. The van der Waals surface area contributed by atoms with Crippen molar-refractivity contribution >= 4 is 17.3 Å². The van der Waals surface area contributed by atoms with Crippen LogP contribution >= 0.6 is 0 Å². The van der Waals surface area contributed by atoms with Crippen molar-refractivity contribution in [1.29, 1.82) is 0 Å². The highest BCUT2D eigenvalue weighted by Gasteiger charge is 2.28.